The molecule has 1 unspecified atom stereocenters. The first-order chi connectivity index (χ1) is 6.27. The van der Waals surface area contributed by atoms with E-state index in [1.165, 1.54) is 12.1 Å². The quantitative estimate of drug-likeness (QED) is 0.704. The van der Waals surface area contributed by atoms with Crippen molar-refractivity contribution in [3.8, 4) is 0 Å². The lowest BCUT2D eigenvalue weighted by molar-refractivity contribution is 0.540. The van der Waals surface area contributed by atoms with Crippen molar-refractivity contribution in [2.24, 2.45) is 0 Å². The van der Waals surface area contributed by atoms with Gasteiger partial charge in [0.1, 0.15) is 11.6 Å². The highest BCUT2D eigenvalue weighted by molar-refractivity contribution is 5.22. The third-order valence-corrected chi connectivity index (χ3v) is 2.40. The summed E-state index contributed by atoms with van der Waals surface area (Å²) in [6.45, 7) is 0.918. The second-order valence-electron chi connectivity index (χ2n) is 3.31. The summed E-state index contributed by atoms with van der Waals surface area (Å²) < 4.78 is 25.8. The molecule has 1 heterocycles. The highest BCUT2D eigenvalue weighted by Gasteiger charge is 2.19. The van der Waals surface area contributed by atoms with Gasteiger partial charge in [-0.2, -0.15) is 0 Å². The predicted octanol–water partition coefficient (Wildman–Crippen LogP) is 2.39. The van der Waals surface area contributed by atoms with Crippen LogP contribution in [0.3, 0.4) is 0 Å². The van der Waals surface area contributed by atoms with Gasteiger partial charge in [0.05, 0.1) is 0 Å². The molecule has 1 aromatic rings. The van der Waals surface area contributed by atoms with Crippen LogP contribution in [0.25, 0.3) is 0 Å². The van der Waals surface area contributed by atoms with Crippen molar-refractivity contribution in [2.45, 2.75) is 18.9 Å². The molecule has 1 nitrogen and oxygen atoms in total. The number of hydrogen-bond acceptors (Lipinski definition) is 1. The number of halogens is 2. The van der Waals surface area contributed by atoms with Gasteiger partial charge >= 0.3 is 0 Å². The SMILES string of the molecule is Fc1ccc(C2CCCN2)c(F)c1. The fourth-order valence-electron chi connectivity index (χ4n) is 1.73. The van der Waals surface area contributed by atoms with Gasteiger partial charge in [0.15, 0.2) is 0 Å². The van der Waals surface area contributed by atoms with Crippen LogP contribution in [0.2, 0.25) is 0 Å². The maximum Gasteiger partial charge on any atom is 0.130 e. The summed E-state index contributed by atoms with van der Waals surface area (Å²) in [6.07, 6.45) is 1.99. The van der Waals surface area contributed by atoms with Gasteiger partial charge in [0.2, 0.25) is 0 Å². The number of nitrogens with one attached hydrogen (secondary N) is 1. The molecule has 1 saturated heterocycles. The van der Waals surface area contributed by atoms with E-state index in [9.17, 15) is 8.78 Å². The van der Waals surface area contributed by atoms with Crippen LogP contribution in [0.15, 0.2) is 18.2 Å². The second-order valence-corrected chi connectivity index (χ2v) is 3.31. The summed E-state index contributed by atoms with van der Waals surface area (Å²) in [5.74, 6) is -0.960. The van der Waals surface area contributed by atoms with E-state index in [4.69, 9.17) is 0 Å². The number of benzene rings is 1. The largest absolute Gasteiger partial charge is 0.310 e. The van der Waals surface area contributed by atoms with Crippen LogP contribution < -0.4 is 5.32 Å². The maximum absolute atomic E-state index is 13.2. The molecular weight excluding hydrogens is 172 g/mol. The van der Waals surface area contributed by atoms with Crippen LogP contribution in [-0.2, 0) is 0 Å². The first kappa shape index (κ1) is 8.63. The monoisotopic (exact) mass is 183 g/mol. The maximum atomic E-state index is 13.2. The molecule has 1 aliphatic rings. The summed E-state index contributed by atoms with van der Waals surface area (Å²) in [5, 5.41) is 3.17. The molecule has 0 amide bonds. The lowest BCUT2D eigenvalue weighted by atomic mass is 10.0. The van der Waals surface area contributed by atoms with Crippen LogP contribution in [0.5, 0.6) is 0 Å². The molecular formula is C10H11F2N. The van der Waals surface area contributed by atoms with E-state index in [1.807, 2.05) is 0 Å². The molecule has 0 spiro atoms. The lowest BCUT2D eigenvalue weighted by Gasteiger charge is -2.10. The zero-order chi connectivity index (χ0) is 9.26. The molecule has 1 N–H and O–H groups in total. The predicted molar refractivity (Wildman–Crippen MR) is 46.3 cm³/mol. The zero-order valence-corrected chi connectivity index (χ0v) is 7.19. The number of hydrogen-bond donors (Lipinski definition) is 1. The van der Waals surface area contributed by atoms with Crippen LogP contribution in [-0.4, -0.2) is 6.54 Å². The highest BCUT2D eigenvalue weighted by Crippen LogP contribution is 2.25. The Morgan fingerprint density at radius 3 is 2.77 bits per heavy atom. The van der Waals surface area contributed by atoms with Gasteiger partial charge in [-0.15, -0.1) is 0 Å². The Morgan fingerprint density at radius 1 is 1.31 bits per heavy atom. The molecule has 0 aromatic heterocycles. The normalized spacial score (nSPS) is 22.2. The van der Waals surface area contributed by atoms with Crippen molar-refractivity contribution < 1.29 is 8.78 Å². The molecule has 1 aliphatic heterocycles. The Labute approximate surface area is 75.8 Å². The summed E-state index contributed by atoms with van der Waals surface area (Å²) in [4.78, 5) is 0. The molecule has 0 radical (unpaired) electrons. The van der Waals surface area contributed by atoms with E-state index >= 15 is 0 Å². The molecule has 0 saturated carbocycles. The summed E-state index contributed by atoms with van der Waals surface area (Å²) in [6, 6.07) is 3.84. The van der Waals surface area contributed by atoms with Crippen molar-refractivity contribution in [2.75, 3.05) is 6.54 Å². The van der Waals surface area contributed by atoms with E-state index in [-0.39, 0.29) is 6.04 Å². The van der Waals surface area contributed by atoms with Crippen LogP contribution in [0.4, 0.5) is 8.78 Å². The van der Waals surface area contributed by atoms with Gasteiger partial charge in [0, 0.05) is 17.7 Å². The number of rotatable bonds is 1. The van der Waals surface area contributed by atoms with Crippen molar-refractivity contribution in [1.29, 1.82) is 0 Å². The molecule has 70 valence electrons. The molecule has 1 aromatic carbocycles. The molecule has 1 atom stereocenters. The topological polar surface area (TPSA) is 12.0 Å². The van der Waals surface area contributed by atoms with Crippen molar-refractivity contribution in [3.63, 3.8) is 0 Å². The Balaban J connectivity index is 2.29. The Morgan fingerprint density at radius 2 is 2.15 bits per heavy atom. The Hall–Kier alpha value is -0.960. The molecule has 1 fully saturated rings. The van der Waals surface area contributed by atoms with Gasteiger partial charge in [-0.25, -0.2) is 8.78 Å². The van der Waals surface area contributed by atoms with E-state index in [1.54, 1.807) is 0 Å². The van der Waals surface area contributed by atoms with Gasteiger partial charge in [-0.3, -0.25) is 0 Å². The van der Waals surface area contributed by atoms with Gasteiger partial charge in [0.25, 0.3) is 0 Å². The van der Waals surface area contributed by atoms with Crippen molar-refractivity contribution in [3.05, 3.63) is 35.4 Å². The van der Waals surface area contributed by atoms with Gasteiger partial charge in [-0.05, 0) is 25.5 Å². The fraction of sp³-hybridized carbons (Fsp3) is 0.400. The molecule has 2 rings (SSSR count). The third-order valence-electron chi connectivity index (χ3n) is 2.40. The standard InChI is InChI=1S/C10H11F2N/c11-7-3-4-8(9(12)6-7)10-2-1-5-13-10/h3-4,6,10,13H,1-2,5H2. The van der Waals surface area contributed by atoms with Crippen LogP contribution in [0, 0.1) is 11.6 Å². The third kappa shape index (κ3) is 1.70. The van der Waals surface area contributed by atoms with E-state index < -0.39 is 11.6 Å². The Bertz CT molecular complexity index is 306. The van der Waals surface area contributed by atoms with Crippen LogP contribution in [0.1, 0.15) is 24.4 Å². The minimum Gasteiger partial charge on any atom is -0.310 e. The first-order valence-corrected chi connectivity index (χ1v) is 4.46. The fourth-order valence-corrected chi connectivity index (χ4v) is 1.73. The minimum absolute atomic E-state index is 0.0700. The van der Waals surface area contributed by atoms with E-state index in [0.29, 0.717) is 5.56 Å². The first-order valence-electron chi connectivity index (χ1n) is 4.46. The molecule has 0 bridgehead atoms. The minimum atomic E-state index is -0.515. The second kappa shape index (κ2) is 3.42. The summed E-state index contributed by atoms with van der Waals surface area (Å²) in [5.41, 5.74) is 0.582. The highest BCUT2D eigenvalue weighted by atomic mass is 19.1. The summed E-state index contributed by atoms with van der Waals surface area (Å²) in [7, 11) is 0. The average Bonchev–Trinajstić information content (AvgIpc) is 2.56. The van der Waals surface area contributed by atoms with E-state index in [0.717, 1.165) is 25.5 Å². The lowest BCUT2D eigenvalue weighted by Crippen LogP contribution is -2.14. The van der Waals surface area contributed by atoms with E-state index in [2.05, 4.69) is 5.32 Å². The molecule has 0 aliphatic carbocycles. The van der Waals surface area contributed by atoms with Gasteiger partial charge in [-0.1, -0.05) is 6.07 Å². The van der Waals surface area contributed by atoms with Crippen molar-refractivity contribution >= 4 is 0 Å². The molecule has 13 heavy (non-hydrogen) atoms. The Kier molecular flexibility index (Phi) is 2.27. The molecule has 3 heteroatoms. The smallest absolute Gasteiger partial charge is 0.130 e. The average molecular weight is 183 g/mol. The van der Waals surface area contributed by atoms with Crippen molar-refractivity contribution in [1.82, 2.24) is 5.32 Å². The van der Waals surface area contributed by atoms with Gasteiger partial charge < -0.3 is 5.32 Å². The zero-order valence-electron chi connectivity index (χ0n) is 7.19. The summed E-state index contributed by atoms with van der Waals surface area (Å²) >= 11 is 0. The van der Waals surface area contributed by atoms with Crippen LogP contribution >= 0.6 is 0 Å².